The minimum absolute atomic E-state index is 0.233. The van der Waals surface area contributed by atoms with E-state index in [9.17, 15) is 18.8 Å². The Morgan fingerprint density at radius 3 is 1.97 bits per heavy atom. The number of ketones is 1. The smallest absolute Gasteiger partial charge is 0.247 e. The average Bonchev–Trinajstić information content (AvgIpc) is 2.87. The Balaban J connectivity index is 2.62. The number of ether oxygens (including phenoxy) is 3. The van der Waals surface area contributed by atoms with Crippen molar-refractivity contribution in [1.82, 2.24) is 10.2 Å². The zero-order chi connectivity index (χ0) is 29.3. The van der Waals surface area contributed by atoms with Crippen molar-refractivity contribution in [2.45, 2.75) is 52.6 Å². The van der Waals surface area contributed by atoms with E-state index in [0.717, 1.165) is 12.2 Å². The van der Waals surface area contributed by atoms with Crippen LogP contribution in [0.5, 0.6) is 17.2 Å². The number of benzene rings is 2. The molecule has 0 aromatic heterocycles. The lowest BCUT2D eigenvalue weighted by atomic mass is 9.99. The van der Waals surface area contributed by atoms with Gasteiger partial charge in [-0.05, 0) is 81.1 Å². The molecule has 0 heterocycles. The Kier molecular flexibility index (Phi) is 11.1. The molecule has 0 spiro atoms. The molecule has 0 saturated heterocycles. The van der Waals surface area contributed by atoms with Crippen LogP contribution in [0.25, 0.3) is 0 Å². The normalized spacial score (nSPS) is 12.3. The summed E-state index contributed by atoms with van der Waals surface area (Å²) in [4.78, 5) is 41.4. The summed E-state index contributed by atoms with van der Waals surface area (Å²) in [7, 11) is 4.42. The Morgan fingerprint density at radius 1 is 0.949 bits per heavy atom. The number of methoxy groups -OCH3 is 3. The Labute approximate surface area is 230 Å². The van der Waals surface area contributed by atoms with Crippen LogP contribution in [0.4, 0.5) is 4.39 Å². The second-order valence-electron chi connectivity index (χ2n) is 10.5. The van der Waals surface area contributed by atoms with Gasteiger partial charge in [-0.3, -0.25) is 14.4 Å². The van der Waals surface area contributed by atoms with Crippen LogP contribution >= 0.6 is 0 Å². The van der Waals surface area contributed by atoms with Gasteiger partial charge >= 0.3 is 0 Å². The van der Waals surface area contributed by atoms with Crippen LogP contribution in [0.3, 0.4) is 0 Å². The van der Waals surface area contributed by atoms with Crippen molar-refractivity contribution in [1.29, 1.82) is 0 Å². The first-order valence-electron chi connectivity index (χ1n) is 12.7. The number of nitrogens with one attached hydrogen (secondary N) is 1. The number of hydrogen-bond acceptors (Lipinski definition) is 6. The predicted octanol–water partition coefficient (Wildman–Crippen LogP) is 5.12. The van der Waals surface area contributed by atoms with Gasteiger partial charge in [0.25, 0.3) is 0 Å². The third kappa shape index (κ3) is 8.84. The van der Waals surface area contributed by atoms with E-state index in [2.05, 4.69) is 5.32 Å². The average molecular weight is 543 g/mol. The molecule has 0 radical (unpaired) electrons. The summed E-state index contributed by atoms with van der Waals surface area (Å²) in [5, 5.41) is 2.97. The van der Waals surface area contributed by atoms with Crippen LogP contribution in [-0.4, -0.2) is 55.9 Å². The molecule has 1 unspecified atom stereocenters. The molecule has 1 atom stereocenters. The summed E-state index contributed by atoms with van der Waals surface area (Å²) in [6.07, 6.45) is 2.88. The molecule has 2 aromatic carbocycles. The summed E-state index contributed by atoms with van der Waals surface area (Å²) >= 11 is 0. The maximum atomic E-state index is 13.8. The van der Waals surface area contributed by atoms with Crippen molar-refractivity contribution in [3.05, 3.63) is 65.5 Å². The molecule has 2 aromatic rings. The number of nitrogens with zero attached hydrogens (tertiary/aromatic N) is 1. The molecular weight excluding hydrogens is 503 g/mol. The van der Waals surface area contributed by atoms with Crippen molar-refractivity contribution in [3.8, 4) is 17.2 Å². The number of amides is 2. The molecule has 0 saturated carbocycles. The minimum atomic E-state index is -1.07. The lowest BCUT2D eigenvalue weighted by Gasteiger charge is -2.34. The first-order valence-corrected chi connectivity index (χ1v) is 12.7. The summed E-state index contributed by atoms with van der Waals surface area (Å²) in [5.41, 5.74) is 0.0966. The van der Waals surface area contributed by atoms with Gasteiger partial charge in [0, 0.05) is 23.7 Å². The summed E-state index contributed by atoms with van der Waals surface area (Å²) in [6, 6.07) is 7.24. The molecule has 0 aliphatic carbocycles. The van der Waals surface area contributed by atoms with E-state index in [-0.39, 0.29) is 18.0 Å². The molecule has 0 aliphatic heterocycles. The summed E-state index contributed by atoms with van der Waals surface area (Å²) in [5.74, 6) is -0.626. The zero-order valence-corrected chi connectivity index (χ0v) is 24.0. The predicted molar refractivity (Wildman–Crippen MR) is 148 cm³/mol. The Morgan fingerprint density at radius 2 is 1.51 bits per heavy atom. The molecule has 39 heavy (non-hydrogen) atoms. The number of carbonyl (C=O) groups excluding carboxylic acids is 3. The van der Waals surface area contributed by atoms with E-state index in [4.69, 9.17) is 14.2 Å². The fourth-order valence-corrected chi connectivity index (χ4v) is 3.89. The highest BCUT2D eigenvalue weighted by molar-refractivity contribution is 6.08. The number of allylic oxidation sites excluding steroid dienone is 1. The molecular formula is C30H39FN2O6. The largest absolute Gasteiger partial charge is 0.493 e. The Bertz CT molecular complexity index is 1160. The van der Waals surface area contributed by atoms with E-state index >= 15 is 0 Å². The van der Waals surface area contributed by atoms with E-state index < -0.39 is 35.0 Å². The van der Waals surface area contributed by atoms with Gasteiger partial charge in [0.05, 0.1) is 21.3 Å². The number of rotatable bonds is 12. The molecule has 2 amide bonds. The molecule has 0 bridgehead atoms. The van der Waals surface area contributed by atoms with Gasteiger partial charge in [0.1, 0.15) is 11.9 Å². The molecule has 0 fully saturated rings. The fourth-order valence-electron chi connectivity index (χ4n) is 3.89. The van der Waals surface area contributed by atoms with Gasteiger partial charge in [0.15, 0.2) is 17.3 Å². The molecule has 0 aliphatic rings. The van der Waals surface area contributed by atoms with Crippen molar-refractivity contribution < 1.29 is 33.0 Å². The highest BCUT2D eigenvalue weighted by atomic mass is 19.1. The maximum absolute atomic E-state index is 13.8. The summed E-state index contributed by atoms with van der Waals surface area (Å²) < 4.78 is 29.7. The minimum Gasteiger partial charge on any atom is -0.493 e. The van der Waals surface area contributed by atoms with Gasteiger partial charge < -0.3 is 24.4 Å². The second-order valence-corrected chi connectivity index (χ2v) is 10.5. The SMILES string of the molecule is COc1cc(C(C(=O)NC(C)(C)C)N(CCC(C)C)C(=O)C=CC(=O)c2ccc(F)cc2)cc(OC)c1OC. The molecule has 1 N–H and O–H groups in total. The van der Waals surface area contributed by atoms with Crippen molar-refractivity contribution >= 4 is 17.6 Å². The van der Waals surface area contributed by atoms with Crippen molar-refractivity contribution in [2.75, 3.05) is 27.9 Å². The van der Waals surface area contributed by atoms with Crippen molar-refractivity contribution in [2.24, 2.45) is 5.92 Å². The quantitative estimate of drug-likeness (QED) is 0.296. The van der Waals surface area contributed by atoms with Gasteiger partial charge in [-0.15, -0.1) is 0 Å². The molecule has 8 nitrogen and oxygen atoms in total. The zero-order valence-electron chi connectivity index (χ0n) is 24.0. The van der Waals surface area contributed by atoms with Crippen LogP contribution in [0, 0.1) is 11.7 Å². The molecule has 212 valence electrons. The van der Waals surface area contributed by atoms with Crippen LogP contribution in [0.2, 0.25) is 0 Å². The number of hydrogen-bond donors (Lipinski definition) is 1. The first kappa shape index (κ1) is 31.3. The lowest BCUT2D eigenvalue weighted by molar-refractivity contribution is -0.138. The van der Waals surface area contributed by atoms with Crippen LogP contribution in [0.1, 0.15) is 63.0 Å². The summed E-state index contributed by atoms with van der Waals surface area (Å²) in [6.45, 7) is 9.81. The topological polar surface area (TPSA) is 94.2 Å². The molecule has 9 heteroatoms. The Hall–Kier alpha value is -3.88. The van der Waals surface area contributed by atoms with Gasteiger partial charge in [0.2, 0.25) is 17.6 Å². The van der Waals surface area contributed by atoms with E-state index in [0.29, 0.717) is 29.2 Å². The first-order chi connectivity index (χ1) is 18.3. The van der Waals surface area contributed by atoms with Gasteiger partial charge in [-0.1, -0.05) is 13.8 Å². The highest BCUT2D eigenvalue weighted by Gasteiger charge is 2.34. The van der Waals surface area contributed by atoms with Gasteiger partial charge in [-0.25, -0.2) is 4.39 Å². The van der Waals surface area contributed by atoms with E-state index in [1.807, 2.05) is 34.6 Å². The van der Waals surface area contributed by atoms with E-state index in [1.54, 1.807) is 12.1 Å². The second kappa shape index (κ2) is 13.8. The monoisotopic (exact) mass is 542 g/mol. The fraction of sp³-hybridized carbons (Fsp3) is 0.433. The molecule has 2 rings (SSSR count). The van der Waals surface area contributed by atoms with Crippen LogP contribution in [0.15, 0.2) is 48.6 Å². The van der Waals surface area contributed by atoms with Crippen LogP contribution < -0.4 is 19.5 Å². The number of carbonyl (C=O) groups is 3. The van der Waals surface area contributed by atoms with Crippen LogP contribution in [-0.2, 0) is 9.59 Å². The lowest BCUT2D eigenvalue weighted by Crippen LogP contribution is -2.49. The third-order valence-corrected chi connectivity index (χ3v) is 5.80. The maximum Gasteiger partial charge on any atom is 0.247 e. The standard InChI is InChI=1S/C30H39FN2O6/c1-19(2)15-16-33(26(35)14-13-23(34)20-9-11-22(31)12-10-20)27(29(36)32-30(3,4)5)21-17-24(37-6)28(39-8)25(18-21)38-7/h9-14,17-19,27H,15-16H2,1-8H3,(H,32,36). The van der Waals surface area contributed by atoms with E-state index in [1.165, 1.54) is 50.5 Å². The number of halogens is 1. The highest BCUT2D eigenvalue weighted by Crippen LogP contribution is 2.41. The van der Waals surface area contributed by atoms with Crippen molar-refractivity contribution in [3.63, 3.8) is 0 Å². The third-order valence-electron chi connectivity index (χ3n) is 5.80. The van der Waals surface area contributed by atoms with Gasteiger partial charge in [-0.2, -0.15) is 0 Å².